The maximum atomic E-state index is 12.2. The molecule has 1 aromatic heterocycles. The van der Waals surface area contributed by atoms with E-state index in [2.05, 4.69) is 27.5 Å². The smallest absolute Gasteiger partial charge is 0.270 e. The molecule has 2 rings (SSSR count). The summed E-state index contributed by atoms with van der Waals surface area (Å²) < 4.78 is 0. The molecule has 0 saturated heterocycles. The van der Waals surface area contributed by atoms with Crippen molar-refractivity contribution in [1.29, 1.82) is 0 Å². The fraction of sp³-hybridized carbons (Fsp3) is 0.312. The summed E-state index contributed by atoms with van der Waals surface area (Å²) in [4.78, 5) is 20.7. The molecule has 0 bridgehead atoms. The summed E-state index contributed by atoms with van der Waals surface area (Å²) in [6.07, 6.45) is 0.983. The first-order chi connectivity index (χ1) is 10.6. The van der Waals surface area contributed by atoms with Crippen LogP contribution in [-0.2, 0) is 6.54 Å². The van der Waals surface area contributed by atoms with Crippen LogP contribution in [0.1, 0.15) is 35.2 Å². The highest BCUT2D eigenvalue weighted by molar-refractivity contribution is 6.31. The van der Waals surface area contributed by atoms with Gasteiger partial charge in [0.1, 0.15) is 17.3 Å². The highest BCUT2D eigenvalue weighted by Gasteiger charge is 2.11. The third kappa shape index (κ3) is 4.43. The Morgan fingerprint density at radius 2 is 2.05 bits per heavy atom. The van der Waals surface area contributed by atoms with Crippen LogP contribution in [0.2, 0.25) is 5.02 Å². The Morgan fingerprint density at radius 3 is 2.77 bits per heavy atom. The zero-order valence-electron chi connectivity index (χ0n) is 12.7. The predicted molar refractivity (Wildman–Crippen MR) is 88.2 cm³/mol. The Labute approximate surface area is 135 Å². The van der Waals surface area contributed by atoms with E-state index in [1.807, 2.05) is 18.2 Å². The number of aryl methyl sites for hydroxylation is 1. The topological polar surface area (TPSA) is 66.9 Å². The van der Waals surface area contributed by atoms with Crippen molar-refractivity contribution in [3.63, 3.8) is 0 Å². The molecule has 2 aromatic rings. The van der Waals surface area contributed by atoms with Crippen molar-refractivity contribution in [1.82, 2.24) is 15.3 Å². The van der Waals surface area contributed by atoms with Crippen LogP contribution in [0.25, 0.3) is 0 Å². The van der Waals surface area contributed by atoms with Crippen LogP contribution in [0.3, 0.4) is 0 Å². The van der Waals surface area contributed by atoms with Crippen molar-refractivity contribution in [2.24, 2.45) is 0 Å². The maximum Gasteiger partial charge on any atom is 0.270 e. The van der Waals surface area contributed by atoms with Crippen molar-refractivity contribution >= 4 is 23.3 Å². The number of hydrogen-bond donors (Lipinski definition) is 2. The number of nitrogens with one attached hydrogen (secondary N) is 2. The Balaban J connectivity index is 2.06. The second-order valence-corrected chi connectivity index (χ2v) is 5.29. The molecule has 5 nitrogen and oxygen atoms in total. The Bertz CT molecular complexity index is 660. The minimum absolute atomic E-state index is 0.245. The maximum absolute atomic E-state index is 12.2. The van der Waals surface area contributed by atoms with E-state index in [1.165, 1.54) is 0 Å². The zero-order valence-corrected chi connectivity index (χ0v) is 13.4. The molecule has 0 radical (unpaired) electrons. The number of aromatic nitrogens is 2. The molecule has 0 atom stereocenters. The summed E-state index contributed by atoms with van der Waals surface area (Å²) >= 11 is 6.07. The normalized spacial score (nSPS) is 10.3. The van der Waals surface area contributed by atoms with Crippen LogP contribution in [0.4, 0.5) is 5.82 Å². The minimum atomic E-state index is -0.245. The lowest BCUT2D eigenvalue weighted by atomic mass is 10.2. The summed E-state index contributed by atoms with van der Waals surface area (Å²) in [5.74, 6) is 0.978. The predicted octanol–water partition coefficient (Wildman–Crippen LogP) is 3.19. The van der Waals surface area contributed by atoms with Crippen molar-refractivity contribution in [2.75, 3.05) is 11.9 Å². The summed E-state index contributed by atoms with van der Waals surface area (Å²) in [6, 6.07) is 9.07. The van der Waals surface area contributed by atoms with Gasteiger partial charge in [-0.25, -0.2) is 9.97 Å². The van der Waals surface area contributed by atoms with Gasteiger partial charge in [0.05, 0.1) is 0 Å². The van der Waals surface area contributed by atoms with Gasteiger partial charge in [0.15, 0.2) is 0 Å². The third-order valence-electron chi connectivity index (χ3n) is 3.02. The number of hydrogen-bond acceptors (Lipinski definition) is 4. The lowest BCUT2D eigenvalue weighted by Crippen LogP contribution is -2.24. The van der Waals surface area contributed by atoms with Crippen molar-refractivity contribution < 1.29 is 4.79 Å². The van der Waals surface area contributed by atoms with Gasteiger partial charge in [0, 0.05) is 24.2 Å². The summed E-state index contributed by atoms with van der Waals surface area (Å²) in [5.41, 5.74) is 1.21. The quantitative estimate of drug-likeness (QED) is 0.858. The van der Waals surface area contributed by atoms with E-state index in [4.69, 9.17) is 11.6 Å². The van der Waals surface area contributed by atoms with Gasteiger partial charge in [-0.15, -0.1) is 0 Å². The fourth-order valence-corrected chi connectivity index (χ4v) is 2.14. The van der Waals surface area contributed by atoms with Gasteiger partial charge in [0.2, 0.25) is 0 Å². The standard InChI is InChI=1S/C16H19ClN4O/c1-3-8-18-15-9-14(20-11(2)21-15)16(22)19-10-12-6-4-5-7-13(12)17/h4-7,9H,3,8,10H2,1-2H3,(H,19,22)(H,18,20,21). The lowest BCUT2D eigenvalue weighted by molar-refractivity contribution is 0.0945. The SMILES string of the molecule is CCCNc1cc(C(=O)NCc2ccccc2Cl)nc(C)n1. The van der Waals surface area contributed by atoms with Crippen molar-refractivity contribution in [2.45, 2.75) is 26.8 Å². The van der Waals surface area contributed by atoms with E-state index in [1.54, 1.807) is 19.1 Å². The average molecular weight is 319 g/mol. The number of nitrogens with zero attached hydrogens (tertiary/aromatic N) is 2. The first-order valence-corrected chi connectivity index (χ1v) is 7.59. The molecule has 22 heavy (non-hydrogen) atoms. The molecule has 0 spiro atoms. The number of benzene rings is 1. The molecular weight excluding hydrogens is 300 g/mol. The molecule has 1 aromatic carbocycles. The van der Waals surface area contributed by atoms with Gasteiger partial charge in [-0.1, -0.05) is 36.7 Å². The van der Waals surface area contributed by atoms with E-state index < -0.39 is 0 Å². The molecule has 0 aliphatic rings. The second kappa shape index (κ2) is 7.75. The van der Waals surface area contributed by atoms with Crippen LogP contribution in [0.5, 0.6) is 0 Å². The van der Waals surface area contributed by atoms with Crippen LogP contribution in [0, 0.1) is 6.92 Å². The molecule has 1 amide bonds. The number of carbonyl (C=O) groups is 1. The van der Waals surface area contributed by atoms with E-state index in [0.29, 0.717) is 28.9 Å². The molecule has 0 aliphatic carbocycles. The number of amides is 1. The first-order valence-electron chi connectivity index (χ1n) is 7.21. The number of anilines is 1. The van der Waals surface area contributed by atoms with E-state index in [9.17, 15) is 4.79 Å². The Morgan fingerprint density at radius 1 is 1.27 bits per heavy atom. The van der Waals surface area contributed by atoms with Crippen LogP contribution in [0.15, 0.2) is 30.3 Å². The molecule has 116 valence electrons. The molecule has 0 aliphatic heterocycles. The number of rotatable bonds is 6. The summed E-state index contributed by atoms with van der Waals surface area (Å²) in [5, 5.41) is 6.62. The van der Waals surface area contributed by atoms with Gasteiger partial charge < -0.3 is 10.6 Å². The van der Waals surface area contributed by atoms with Gasteiger partial charge in [-0.3, -0.25) is 4.79 Å². The third-order valence-corrected chi connectivity index (χ3v) is 3.39. The Hall–Kier alpha value is -2.14. The molecular formula is C16H19ClN4O. The van der Waals surface area contributed by atoms with Gasteiger partial charge >= 0.3 is 0 Å². The highest BCUT2D eigenvalue weighted by Crippen LogP contribution is 2.14. The molecule has 0 saturated carbocycles. The Kier molecular flexibility index (Phi) is 5.72. The van der Waals surface area contributed by atoms with Gasteiger partial charge in [0.25, 0.3) is 5.91 Å². The minimum Gasteiger partial charge on any atom is -0.370 e. The molecule has 0 unspecified atom stereocenters. The second-order valence-electron chi connectivity index (χ2n) is 4.89. The molecule has 2 N–H and O–H groups in total. The molecule has 6 heteroatoms. The van der Waals surface area contributed by atoms with Gasteiger partial charge in [-0.2, -0.15) is 0 Å². The summed E-state index contributed by atoms with van der Waals surface area (Å²) in [7, 11) is 0. The molecule has 0 fully saturated rings. The molecule has 1 heterocycles. The zero-order chi connectivity index (χ0) is 15.9. The fourth-order valence-electron chi connectivity index (χ4n) is 1.94. The van der Waals surface area contributed by atoms with Crippen molar-refractivity contribution in [3.8, 4) is 0 Å². The average Bonchev–Trinajstić information content (AvgIpc) is 2.51. The van der Waals surface area contributed by atoms with Crippen molar-refractivity contribution in [3.05, 3.63) is 52.4 Å². The lowest BCUT2D eigenvalue weighted by Gasteiger charge is -2.09. The van der Waals surface area contributed by atoms with E-state index in [0.717, 1.165) is 18.5 Å². The highest BCUT2D eigenvalue weighted by atomic mass is 35.5. The first kappa shape index (κ1) is 16.2. The van der Waals surface area contributed by atoms with Crippen LogP contribution >= 0.6 is 11.6 Å². The van der Waals surface area contributed by atoms with Crippen LogP contribution in [-0.4, -0.2) is 22.4 Å². The number of halogens is 1. The van der Waals surface area contributed by atoms with Gasteiger partial charge in [-0.05, 0) is 25.0 Å². The summed E-state index contributed by atoms with van der Waals surface area (Å²) in [6.45, 7) is 5.00. The monoisotopic (exact) mass is 318 g/mol. The van der Waals surface area contributed by atoms with E-state index >= 15 is 0 Å². The number of carbonyl (C=O) groups excluding carboxylic acids is 1. The van der Waals surface area contributed by atoms with E-state index in [-0.39, 0.29) is 5.91 Å². The largest absolute Gasteiger partial charge is 0.370 e. The van der Waals surface area contributed by atoms with Crippen LogP contribution < -0.4 is 10.6 Å².